The lowest BCUT2D eigenvalue weighted by Gasteiger charge is -2.53. The van der Waals surface area contributed by atoms with Gasteiger partial charge >= 0.3 is 0 Å². The molecule has 1 saturated carbocycles. The van der Waals surface area contributed by atoms with Crippen LogP contribution in [0.2, 0.25) is 0 Å². The summed E-state index contributed by atoms with van der Waals surface area (Å²) in [4.78, 5) is 0. The Bertz CT molecular complexity index is 217. The van der Waals surface area contributed by atoms with E-state index in [-0.39, 0.29) is 0 Å². The van der Waals surface area contributed by atoms with Gasteiger partial charge in [0.05, 0.1) is 6.10 Å². The third kappa shape index (κ3) is 3.69. The van der Waals surface area contributed by atoms with Gasteiger partial charge in [0.15, 0.2) is 0 Å². The molecule has 0 spiro atoms. The van der Waals surface area contributed by atoms with Crippen LogP contribution >= 0.6 is 0 Å². The Kier molecular flexibility index (Phi) is 5.94. The standard InChI is InChI=1S/C15H31NO/c1-6-15(5)13(16-7-2)11-14(15)17-10-8-9-12(3)4/h12-14,16H,6-11H2,1-5H3. The van der Waals surface area contributed by atoms with E-state index >= 15 is 0 Å². The molecule has 0 saturated heterocycles. The summed E-state index contributed by atoms with van der Waals surface area (Å²) in [6, 6.07) is 0.660. The molecule has 1 aliphatic carbocycles. The zero-order chi connectivity index (χ0) is 12.9. The lowest BCUT2D eigenvalue weighted by molar-refractivity contribution is -0.129. The van der Waals surface area contributed by atoms with Crippen molar-refractivity contribution in [2.45, 2.75) is 72.4 Å². The van der Waals surface area contributed by atoms with E-state index in [9.17, 15) is 0 Å². The van der Waals surface area contributed by atoms with E-state index in [0.717, 1.165) is 19.1 Å². The van der Waals surface area contributed by atoms with Crippen LogP contribution in [0.3, 0.4) is 0 Å². The Hall–Kier alpha value is -0.0800. The lowest BCUT2D eigenvalue weighted by Crippen LogP contribution is -2.62. The van der Waals surface area contributed by atoms with E-state index in [4.69, 9.17) is 4.74 Å². The van der Waals surface area contributed by atoms with Crippen LogP contribution in [0.25, 0.3) is 0 Å². The van der Waals surface area contributed by atoms with Gasteiger partial charge in [-0.2, -0.15) is 0 Å². The Balaban J connectivity index is 2.26. The summed E-state index contributed by atoms with van der Waals surface area (Å²) in [6.45, 7) is 13.4. The molecule has 0 aliphatic heterocycles. The highest BCUT2D eigenvalue weighted by atomic mass is 16.5. The second-order valence-electron chi connectivity index (χ2n) is 6.10. The van der Waals surface area contributed by atoms with Crippen molar-refractivity contribution in [2.24, 2.45) is 11.3 Å². The Morgan fingerprint density at radius 1 is 1.35 bits per heavy atom. The van der Waals surface area contributed by atoms with Crippen LogP contribution in [0, 0.1) is 11.3 Å². The minimum absolute atomic E-state index is 0.355. The summed E-state index contributed by atoms with van der Waals surface area (Å²) in [5, 5.41) is 3.58. The molecule has 1 aliphatic rings. The third-order valence-electron chi connectivity index (χ3n) is 4.44. The molecular weight excluding hydrogens is 210 g/mol. The van der Waals surface area contributed by atoms with Gasteiger partial charge in [0, 0.05) is 18.1 Å². The quantitative estimate of drug-likeness (QED) is 0.656. The molecule has 0 aromatic rings. The molecule has 2 heteroatoms. The van der Waals surface area contributed by atoms with Crippen LogP contribution in [0.15, 0.2) is 0 Å². The predicted molar refractivity (Wildman–Crippen MR) is 74.3 cm³/mol. The molecule has 0 amide bonds. The molecule has 1 fully saturated rings. The topological polar surface area (TPSA) is 21.3 Å². The summed E-state index contributed by atoms with van der Waals surface area (Å²) in [5.41, 5.74) is 0.355. The van der Waals surface area contributed by atoms with E-state index in [1.165, 1.54) is 25.7 Å². The van der Waals surface area contributed by atoms with Crippen molar-refractivity contribution in [3.8, 4) is 0 Å². The van der Waals surface area contributed by atoms with Crippen LogP contribution in [0.1, 0.15) is 60.3 Å². The van der Waals surface area contributed by atoms with E-state index in [1.54, 1.807) is 0 Å². The Morgan fingerprint density at radius 3 is 2.59 bits per heavy atom. The molecule has 102 valence electrons. The Morgan fingerprint density at radius 2 is 2.06 bits per heavy atom. The first kappa shape index (κ1) is 15.0. The SMILES string of the molecule is CCNC1CC(OCCCC(C)C)C1(C)CC. The summed E-state index contributed by atoms with van der Waals surface area (Å²) < 4.78 is 6.07. The number of hydrogen-bond acceptors (Lipinski definition) is 2. The molecule has 0 aromatic carbocycles. The summed E-state index contributed by atoms with van der Waals surface area (Å²) >= 11 is 0. The number of ether oxygens (including phenoxy) is 1. The molecule has 1 rings (SSSR count). The number of hydrogen-bond donors (Lipinski definition) is 1. The van der Waals surface area contributed by atoms with E-state index in [2.05, 4.69) is 39.9 Å². The monoisotopic (exact) mass is 241 g/mol. The highest BCUT2D eigenvalue weighted by Crippen LogP contribution is 2.45. The first-order valence-corrected chi connectivity index (χ1v) is 7.39. The van der Waals surface area contributed by atoms with Crippen molar-refractivity contribution in [3.05, 3.63) is 0 Å². The van der Waals surface area contributed by atoms with Crippen molar-refractivity contribution in [3.63, 3.8) is 0 Å². The molecule has 3 unspecified atom stereocenters. The van der Waals surface area contributed by atoms with Crippen molar-refractivity contribution in [2.75, 3.05) is 13.2 Å². The van der Waals surface area contributed by atoms with Crippen molar-refractivity contribution < 1.29 is 4.74 Å². The third-order valence-corrected chi connectivity index (χ3v) is 4.44. The van der Waals surface area contributed by atoms with Gasteiger partial charge in [0.1, 0.15) is 0 Å². The van der Waals surface area contributed by atoms with Crippen LogP contribution < -0.4 is 5.32 Å². The average Bonchev–Trinajstić information content (AvgIpc) is 2.30. The normalized spacial score (nSPS) is 32.8. The summed E-state index contributed by atoms with van der Waals surface area (Å²) in [5.74, 6) is 0.798. The molecule has 0 aromatic heterocycles. The van der Waals surface area contributed by atoms with Gasteiger partial charge in [-0.3, -0.25) is 0 Å². The molecule has 0 radical (unpaired) electrons. The predicted octanol–water partition coefficient (Wildman–Crippen LogP) is 3.61. The van der Waals surface area contributed by atoms with Crippen LogP contribution in [-0.2, 0) is 4.74 Å². The van der Waals surface area contributed by atoms with Crippen molar-refractivity contribution >= 4 is 0 Å². The highest BCUT2D eigenvalue weighted by molar-refractivity contribution is 5.04. The minimum atomic E-state index is 0.355. The van der Waals surface area contributed by atoms with Gasteiger partial charge in [-0.15, -0.1) is 0 Å². The van der Waals surface area contributed by atoms with Crippen LogP contribution in [-0.4, -0.2) is 25.3 Å². The van der Waals surface area contributed by atoms with Crippen molar-refractivity contribution in [1.82, 2.24) is 5.32 Å². The first-order valence-electron chi connectivity index (χ1n) is 7.39. The largest absolute Gasteiger partial charge is 0.378 e. The molecule has 1 N–H and O–H groups in total. The van der Waals surface area contributed by atoms with Gasteiger partial charge in [-0.1, -0.05) is 34.6 Å². The zero-order valence-electron chi connectivity index (χ0n) is 12.4. The van der Waals surface area contributed by atoms with Gasteiger partial charge in [0.2, 0.25) is 0 Å². The molecular formula is C15H31NO. The van der Waals surface area contributed by atoms with Gasteiger partial charge < -0.3 is 10.1 Å². The summed E-state index contributed by atoms with van der Waals surface area (Å²) in [6.07, 6.45) is 5.37. The van der Waals surface area contributed by atoms with E-state index in [0.29, 0.717) is 17.6 Å². The minimum Gasteiger partial charge on any atom is -0.378 e. The fourth-order valence-corrected chi connectivity index (χ4v) is 2.83. The van der Waals surface area contributed by atoms with Gasteiger partial charge in [-0.25, -0.2) is 0 Å². The average molecular weight is 241 g/mol. The maximum atomic E-state index is 6.07. The molecule has 0 bridgehead atoms. The molecule has 2 nitrogen and oxygen atoms in total. The van der Waals surface area contributed by atoms with Crippen molar-refractivity contribution in [1.29, 1.82) is 0 Å². The Labute approximate surface area is 108 Å². The molecule has 0 heterocycles. The maximum absolute atomic E-state index is 6.07. The van der Waals surface area contributed by atoms with E-state index < -0.39 is 0 Å². The first-order chi connectivity index (χ1) is 8.04. The maximum Gasteiger partial charge on any atom is 0.0658 e. The fourth-order valence-electron chi connectivity index (χ4n) is 2.83. The van der Waals surface area contributed by atoms with Gasteiger partial charge in [0.25, 0.3) is 0 Å². The smallest absolute Gasteiger partial charge is 0.0658 e. The lowest BCUT2D eigenvalue weighted by atomic mass is 9.61. The fraction of sp³-hybridized carbons (Fsp3) is 1.00. The number of rotatable bonds is 8. The van der Waals surface area contributed by atoms with Crippen LogP contribution in [0.5, 0.6) is 0 Å². The molecule has 17 heavy (non-hydrogen) atoms. The number of nitrogens with one attached hydrogen (secondary N) is 1. The zero-order valence-corrected chi connectivity index (χ0v) is 12.4. The van der Waals surface area contributed by atoms with Crippen LogP contribution in [0.4, 0.5) is 0 Å². The highest BCUT2D eigenvalue weighted by Gasteiger charge is 2.50. The van der Waals surface area contributed by atoms with Gasteiger partial charge in [-0.05, 0) is 38.1 Å². The second kappa shape index (κ2) is 6.75. The van der Waals surface area contributed by atoms with E-state index in [1.807, 2.05) is 0 Å². The summed E-state index contributed by atoms with van der Waals surface area (Å²) in [7, 11) is 0. The molecule has 3 atom stereocenters. The second-order valence-corrected chi connectivity index (χ2v) is 6.10.